The number of allylic oxidation sites excluding steroid dienone is 2. The predicted molar refractivity (Wildman–Crippen MR) is 338 cm³/mol. The Kier molecular flexibility index (Phi) is 15.5. The largest absolute Gasteiger partial charge is 0.509 e. The number of hydrogen-bond acceptors (Lipinski definition) is 4. The standard InChI is InChI=1S/C75H83N4O.Pt/c1-69(2,3)53-38-39-76-65(45-53)79-63-37-29-28-36-61(63)66-62(75(17,18)52-34-26-21-27-35-52)47-60(48-64(66)79)80-59-44-54(70(4,5)6)41-58(46-59)78-49-77(67(71(7,8)9)68(78)72(10,11)12)57-42-55(73(13,14)50-30-22-19-23-31-50)40-56(43-57)74(15,16)51-32-24-20-25-33-51;/h19-45,47,49H,1-18H3;/q-3;. The van der Waals surface area contributed by atoms with Gasteiger partial charge in [-0.05, 0) is 85.3 Å². The fourth-order valence-electron chi connectivity index (χ4n) is 11.8. The van der Waals surface area contributed by atoms with E-state index in [9.17, 15) is 0 Å². The summed E-state index contributed by atoms with van der Waals surface area (Å²) in [7, 11) is 0. The predicted octanol–water partition coefficient (Wildman–Crippen LogP) is 19.9. The first-order chi connectivity index (χ1) is 37.5. The van der Waals surface area contributed by atoms with Gasteiger partial charge in [0, 0.05) is 83.0 Å². The Morgan fingerprint density at radius 2 is 0.901 bits per heavy atom. The molecule has 0 amide bonds. The number of para-hydroxylation sites is 1. The summed E-state index contributed by atoms with van der Waals surface area (Å²) in [6.07, 6.45) is 1.94. The molecule has 0 saturated carbocycles. The van der Waals surface area contributed by atoms with Crippen LogP contribution in [-0.4, -0.2) is 9.55 Å². The van der Waals surface area contributed by atoms with Crippen molar-refractivity contribution >= 4 is 33.2 Å². The molecule has 0 unspecified atom stereocenters. The number of aromatic nitrogens is 2. The van der Waals surface area contributed by atoms with Crippen LogP contribution in [0.1, 0.15) is 169 Å². The van der Waals surface area contributed by atoms with Crippen molar-refractivity contribution in [3.8, 4) is 17.3 Å². The Bertz CT molecular complexity index is 3710. The topological polar surface area (TPSA) is 33.5 Å². The Labute approximate surface area is 499 Å². The minimum Gasteiger partial charge on any atom is -0.509 e. The molecule has 5 nitrogen and oxygen atoms in total. The van der Waals surface area contributed by atoms with Crippen LogP contribution >= 0.6 is 0 Å². The SMILES string of the molecule is CC(C)(C)C1=C(C(C)(C)C)N(c2cc(C(C)(C)c3ccccc3)cc(C(C)(C)c3ccccc3)c2)[CH-]N1c1[c-]c(Oc2[c-]c3c(c(C(C)(C)c4ccccc4)c2)c2ccccc2n3-c2cc(C(C)(C)C)ccn2)cc(C(C)(C)C)c1.[Pt]. The van der Waals surface area contributed by atoms with Crippen LogP contribution in [0.4, 0.5) is 11.4 Å². The minimum absolute atomic E-state index is 0. The van der Waals surface area contributed by atoms with Crippen LogP contribution in [0.3, 0.4) is 0 Å². The van der Waals surface area contributed by atoms with Gasteiger partial charge in [0.1, 0.15) is 5.82 Å². The molecule has 3 heterocycles. The molecule has 6 heteroatoms. The summed E-state index contributed by atoms with van der Waals surface area (Å²) >= 11 is 0. The second-order valence-electron chi connectivity index (χ2n) is 28.0. The summed E-state index contributed by atoms with van der Waals surface area (Å²) in [5, 5.41) is 2.27. The molecule has 0 spiro atoms. The normalized spacial score (nSPS) is 14.0. The molecule has 1 aliphatic heterocycles. The maximum absolute atomic E-state index is 7.36. The van der Waals surface area contributed by atoms with Crippen LogP contribution in [0.25, 0.3) is 27.6 Å². The first-order valence-corrected chi connectivity index (χ1v) is 28.7. The first-order valence-electron chi connectivity index (χ1n) is 28.7. The van der Waals surface area contributed by atoms with Gasteiger partial charge >= 0.3 is 0 Å². The summed E-state index contributed by atoms with van der Waals surface area (Å²) < 4.78 is 9.64. The number of ether oxygens (including phenoxy) is 1. The molecule has 1 aliphatic rings. The van der Waals surface area contributed by atoms with Gasteiger partial charge in [-0.25, -0.2) is 4.98 Å². The zero-order valence-corrected chi connectivity index (χ0v) is 53.5. The van der Waals surface area contributed by atoms with Crippen LogP contribution in [0.5, 0.6) is 11.5 Å². The van der Waals surface area contributed by atoms with Gasteiger partial charge in [-0.2, -0.15) is 0 Å². The Morgan fingerprint density at radius 3 is 1.42 bits per heavy atom. The third-order valence-corrected chi connectivity index (χ3v) is 16.8. The summed E-state index contributed by atoms with van der Waals surface area (Å²) in [4.78, 5) is 9.96. The average Bonchev–Trinajstić information content (AvgIpc) is 4.11. The van der Waals surface area contributed by atoms with Crippen molar-refractivity contribution in [1.29, 1.82) is 0 Å². The molecule has 0 N–H and O–H groups in total. The van der Waals surface area contributed by atoms with E-state index in [0.717, 1.165) is 50.1 Å². The zero-order chi connectivity index (χ0) is 57.5. The maximum atomic E-state index is 7.36. The Balaban J connectivity index is 0.00000792. The van der Waals surface area contributed by atoms with E-state index in [1.807, 2.05) is 6.20 Å². The molecule has 81 heavy (non-hydrogen) atoms. The van der Waals surface area contributed by atoms with E-state index in [0.29, 0.717) is 11.5 Å². The van der Waals surface area contributed by atoms with Gasteiger partial charge in [-0.1, -0.05) is 251 Å². The van der Waals surface area contributed by atoms with Crippen LogP contribution in [-0.2, 0) is 48.1 Å². The Morgan fingerprint density at radius 1 is 0.420 bits per heavy atom. The van der Waals surface area contributed by atoms with E-state index >= 15 is 0 Å². The number of anilines is 2. The molecule has 0 bridgehead atoms. The number of fused-ring (bicyclic) bond motifs is 3. The first kappa shape index (κ1) is 59.0. The van der Waals surface area contributed by atoms with E-state index in [1.165, 1.54) is 44.8 Å². The van der Waals surface area contributed by atoms with E-state index in [-0.39, 0.29) is 53.6 Å². The number of pyridine rings is 1. The summed E-state index contributed by atoms with van der Waals surface area (Å²) in [6, 6.07) is 67.6. The molecule has 0 radical (unpaired) electrons. The van der Waals surface area contributed by atoms with Crippen molar-refractivity contribution in [3.05, 3.63) is 245 Å². The van der Waals surface area contributed by atoms with Gasteiger partial charge in [0.2, 0.25) is 0 Å². The van der Waals surface area contributed by atoms with E-state index in [1.54, 1.807) is 0 Å². The molecular formula is C75H83N4OPt-3. The summed E-state index contributed by atoms with van der Waals surface area (Å²) in [5.74, 6) is 2.08. The molecule has 7 aromatic carbocycles. The van der Waals surface area contributed by atoms with Crippen molar-refractivity contribution in [2.45, 2.75) is 152 Å². The van der Waals surface area contributed by atoms with Crippen molar-refractivity contribution in [2.24, 2.45) is 10.8 Å². The average molecular weight is 1250 g/mol. The molecule has 0 atom stereocenters. The van der Waals surface area contributed by atoms with Gasteiger partial charge in [-0.3, -0.25) is 0 Å². The summed E-state index contributed by atoms with van der Waals surface area (Å²) in [6.45, 7) is 44.1. The number of rotatable bonds is 11. The minimum atomic E-state index is -0.433. The van der Waals surface area contributed by atoms with Crippen molar-refractivity contribution in [2.75, 3.05) is 9.80 Å². The molecule has 0 aliphatic carbocycles. The molecule has 0 saturated heterocycles. The fourth-order valence-corrected chi connectivity index (χ4v) is 11.8. The fraction of sp³-hybridized carbons (Fsp3) is 0.333. The van der Waals surface area contributed by atoms with E-state index in [4.69, 9.17) is 9.72 Å². The smallest absolute Gasteiger partial charge is 0.135 e. The molecule has 9 aromatic rings. The second-order valence-corrected chi connectivity index (χ2v) is 28.0. The van der Waals surface area contributed by atoms with Gasteiger partial charge in [-0.15, -0.1) is 53.8 Å². The van der Waals surface area contributed by atoms with Gasteiger partial charge in [0.05, 0.1) is 0 Å². The maximum Gasteiger partial charge on any atom is 0.135 e. The van der Waals surface area contributed by atoms with Crippen molar-refractivity contribution in [3.63, 3.8) is 0 Å². The zero-order valence-electron chi connectivity index (χ0n) is 51.3. The number of hydrogen-bond donors (Lipinski definition) is 0. The monoisotopic (exact) mass is 1250 g/mol. The molecular weight excluding hydrogens is 1170 g/mol. The summed E-state index contributed by atoms with van der Waals surface area (Å²) in [5.41, 5.74) is 14.3. The van der Waals surface area contributed by atoms with Gasteiger partial charge in [0.15, 0.2) is 0 Å². The van der Waals surface area contributed by atoms with E-state index in [2.05, 4.69) is 322 Å². The second kappa shape index (κ2) is 21.3. The van der Waals surface area contributed by atoms with E-state index < -0.39 is 5.41 Å². The molecule has 2 aromatic heterocycles. The molecule has 422 valence electrons. The third kappa shape index (κ3) is 11.2. The molecule has 0 fully saturated rings. The quantitative estimate of drug-likeness (QED) is 0.121. The van der Waals surface area contributed by atoms with Crippen LogP contribution in [0, 0.1) is 29.6 Å². The Hall–Kier alpha value is -6.68. The van der Waals surface area contributed by atoms with Crippen LogP contribution in [0.2, 0.25) is 0 Å². The van der Waals surface area contributed by atoms with Gasteiger partial charge < -0.3 is 19.1 Å². The van der Waals surface area contributed by atoms with Crippen LogP contribution in [0.15, 0.2) is 181 Å². The van der Waals surface area contributed by atoms with Crippen molar-refractivity contribution in [1.82, 2.24) is 9.55 Å². The van der Waals surface area contributed by atoms with Crippen LogP contribution < -0.4 is 14.5 Å². The van der Waals surface area contributed by atoms with Crippen molar-refractivity contribution < 1.29 is 25.8 Å². The van der Waals surface area contributed by atoms with Gasteiger partial charge in [0.25, 0.3) is 0 Å². The number of benzene rings is 7. The number of nitrogens with zero attached hydrogens (tertiary/aromatic N) is 4. The molecule has 10 rings (SSSR count). The third-order valence-electron chi connectivity index (χ3n) is 16.8.